The van der Waals surface area contributed by atoms with E-state index in [0.29, 0.717) is 17.7 Å². The van der Waals surface area contributed by atoms with Gasteiger partial charge in [0.15, 0.2) is 11.6 Å². The smallest absolute Gasteiger partial charge is 0.224 e. The average Bonchev–Trinajstić information content (AvgIpc) is 3.11. The maximum absolute atomic E-state index is 13.3. The fourth-order valence-corrected chi connectivity index (χ4v) is 3.36. The van der Waals surface area contributed by atoms with Gasteiger partial charge in [-0.25, -0.2) is 13.8 Å². The maximum atomic E-state index is 13.3. The maximum Gasteiger partial charge on any atom is 0.224 e. The number of aromatic nitrogens is 2. The molecule has 1 aliphatic rings. The number of aromatic amines is 1. The second kappa shape index (κ2) is 8.67. The second-order valence-corrected chi connectivity index (χ2v) is 7.10. The summed E-state index contributed by atoms with van der Waals surface area (Å²) in [7, 11) is 0. The van der Waals surface area contributed by atoms with Crippen molar-refractivity contribution in [2.45, 2.75) is 19.4 Å². The molecule has 1 fully saturated rings. The van der Waals surface area contributed by atoms with Gasteiger partial charge in [-0.05, 0) is 42.3 Å². The van der Waals surface area contributed by atoms with E-state index in [-0.39, 0.29) is 12.3 Å². The zero-order chi connectivity index (χ0) is 20.2. The number of morpholine rings is 1. The first-order chi connectivity index (χ1) is 14.1. The lowest BCUT2D eigenvalue weighted by Gasteiger charge is -2.25. The predicted octanol–water partition coefficient (Wildman–Crippen LogP) is 3.24. The Kier molecular flexibility index (Phi) is 5.82. The van der Waals surface area contributed by atoms with Crippen LogP contribution in [0.5, 0.6) is 0 Å². The van der Waals surface area contributed by atoms with E-state index in [4.69, 9.17) is 4.74 Å². The molecule has 29 heavy (non-hydrogen) atoms. The van der Waals surface area contributed by atoms with Crippen molar-refractivity contribution in [1.29, 1.82) is 0 Å². The molecule has 4 rings (SSSR count). The van der Waals surface area contributed by atoms with Gasteiger partial charge in [-0.2, -0.15) is 0 Å². The normalized spacial score (nSPS) is 15.0. The number of hydrogen-bond donors (Lipinski definition) is 2. The molecule has 2 heterocycles. The van der Waals surface area contributed by atoms with E-state index in [0.717, 1.165) is 61.8 Å². The third kappa shape index (κ3) is 4.96. The zero-order valence-corrected chi connectivity index (χ0v) is 15.9. The molecule has 0 atom stereocenters. The number of benzene rings is 2. The lowest BCUT2D eigenvalue weighted by atomic mass is 10.1. The molecule has 0 spiro atoms. The molecule has 1 aromatic heterocycles. The molecule has 0 radical (unpaired) electrons. The number of imidazole rings is 1. The van der Waals surface area contributed by atoms with Crippen molar-refractivity contribution in [3.8, 4) is 0 Å². The van der Waals surface area contributed by atoms with Crippen LogP contribution >= 0.6 is 0 Å². The first-order valence-electron chi connectivity index (χ1n) is 9.59. The zero-order valence-electron chi connectivity index (χ0n) is 15.9. The number of amides is 1. The SMILES string of the molecule is O=C(CCc1ccc(F)c(F)c1)Nc1ccc2nc(CN3CCOCC3)[nH]c2c1. The number of aryl methyl sites for hydroxylation is 1. The number of hydrogen-bond acceptors (Lipinski definition) is 4. The molecule has 6 nitrogen and oxygen atoms in total. The van der Waals surface area contributed by atoms with E-state index in [1.165, 1.54) is 6.07 Å². The topological polar surface area (TPSA) is 70.2 Å². The summed E-state index contributed by atoms with van der Waals surface area (Å²) in [5.41, 5.74) is 2.94. The van der Waals surface area contributed by atoms with Crippen LogP contribution in [0, 0.1) is 11.6 Å². The molecule has 152 valence electrons. The summed E-state index contributed by atoms with van der Waals surface area (Å²) < 4.78 is 31.6. The summed E-state index contributed by atoms with van der Waals surface area (Å²) in [4.78, 5) is 22.4. The lowest BCUT2D eigenvalue weighted by Crippen LogP contribution is -2.35. The van der Waals surface area contributed by atoms with Crippen molar-refractivity contribution in [3.05, 3.63) is 59.4 Å². The van der Waals surface area contributed by atoms with Gasteiger partial charge >= 0.3 is 0 Å². The van der Waals surface area contributed by atoms with Crippen molar-refractivity contribution in [2.75, 3.05) is 31.6 Å². The fourth-order valence-electron chi connectivity index (χ4n) is 3.36. The quantitative estimate of drug-likeness (QED) is 0.667. The minimum Gasteiger partial charge on any atom is -0.379 e. The van der Waals surface area contributed by atoms with Crippen LogP contribution < -0.4 is 5.32 Å². The first kappa shape index (κ1) is 19.5. The highest BCUT2D eigenvalue weighted by atomic mass is 19.2. The van der Waals surface area contributed by atoms with Crippen molar-refractivity contribution in [1.82, 2.24) is 14.9 Å². The number of carbonyl (C=O) groups excluding carboxylic acids is 1. The average molecular weight is 400 g/mol. The third-order valence-electron chi connectivity index (χ3n) is 4.92. The van der Waals surface area contributed by atoms with Gasteiger partial charge in [0.05, 0.1) is 30.8 Å². The first-order valence-corrected chi connectivity index (χ1v) is 9.59. The standard InChI is InChI=1S/C21H22F2N4O2/c22-16-4-1-14(11-17(16)23)2-6-21(28)24-15-3-5-18-19(12-15)26-20(25-18)13-27-7-9-29-10-8-27/h1,3-5,11-12H,2,6-10,13H2,(H,24,28)(H,25,26). The summed E-state index contributed by atoms with van der Waals surface area (Å²) in [6, 6.07) is 9.19. The highest BCUT2D eigenvalue weighted by Crippen LogP contribution is 2.19. The third-order valence-corrected chi connectivity index (χ3v) is 4.92. The molecule has 0 aliphatic carbocycles. The number of H-pyrrole nitrogens is 1. The molecule has 3 aromatic rings. The fraction of sp³-hybridized carbons (Fsp3) is 0.333. The monoisotopic (exact) mass is 400 g/mol. The van der Waals surface area contributed by atoms with Crippen molar-refractivity contribution in [2.24, 2.45) is 0 Å². The minimum atomic E-state index is -0.902. The van der Waals surface area contributed by atoms with Crippen LogP contribution in [0.25, 0.3) is 11.0 Å². The van der Waals surface area contributed by atoms with Crippen LogP contribution in [0.1, 0.15) is 17.8 Å². The van der Waals surface area contributed by atoms with E-state index < -0.39 is 11.6 Å². The number of halogens is 2. The van der Waals surface area contributed by atoms with Crippen LogP contribution in [0.2, 0.25) is 0 Å². The number of rotatable bonds is 6. The number of nitrogens with one attached hydrogen (secondary N) is 2. The summed E-state index contributed by atoms with van der Waals surface area (Å²) in [6.45, 7) is 3.97. The van der Waals surface area contributed by atoms with Gasteiger partial charge in [0.2, 0.25) is 5.91 Å². The Bertz CT molecular complexity index is 1020. The van der Waals surface area contributed by atoms with Gasteiger partial charge < -0.3 is 15.0 Å². The number of ether oxygens (including phenoxy) is 1. The van der Waals surface area contributed by atoms with Gasteiger partial charge in [0, 0.05) is 25.2 Å². The predicted molar refractivity (Wildman–Crippen MR) is 105 cm³/mol. The summed E-state index contributed by atoms with van der Waals surface area (Å²) in [5, 5.41) is 2.84. The van der Waals surface area contributed by atoms with Crippen LogP contribution in [0.15, 0.2) is 36.4 Å². The van der Waals surface area contributed by atoms with Crippen LogP contribution in [-0.2, 0) is 22.5 Å². The Morgan fingerprint density at radius 3 is 2.76 bits per heavy atom. The van der Waals surface area contributed by atoms with Crippen LogP contribution in [0.3, 0.4) is 0 Å². The molecule has 1 saturated heterocycles. The van der Waals surface area contributed by atoms with E-state index in [1.54, 1.807) is 6.07 Å². The van der Waals surface area contributed by atoms with Crippen LogP contribution in [-0.4, -0.2) is 47.1 Å². The number of fused-ring (bicyclic) bond motifs is 1. The summed E-state index contributed by atoms with van der Waals surface area (Å²) in [5.74, 6) is -1.11. The van der Waals surface area contributed by atoms with E-state index >= 15 is 0 Å². The molecule has 0 unspecified atom stereocenters. The molecule has 8 heteroatoms. The highest BCUT2D eigenvalue weighted by Gasteiger charge is 2.13. The molecule has 1 aliphatic heterocycles. The minimum absolute atomic E-state index is 0.175. The Hall–Kier alpha value is -2.84. The summed E-state index contributed by atoms with van der Waals surface area (Å²) in [6.07, 6.45) is 0.507. The van der Waals surface area contributed by atoms with Gasteiger partial charge in [-0.3, -0.25) is 9.69 Å². The molecule has 2 N–H and O–H groups in total. The number of anilines is 1. The molecule has 1 amide bonds. The molecular weight excluding hydrogens is 378 g/mol. The van der Waals surface area contributed by atoms with Crippen molar-refractivity contribution in [3.63, 3.8) is 0 Å². The Labute approximate surface area is 166 Å². The van der Waals surface area contributed by atoms with Gasteiger partial charge in [0.25, 0.3) is 0 Å². The highest BCUT2D eigenvalue weighted by molar-refractivity contribution is 5.93. The molecule has 0 saturated carbocycles. The molecular formula is C21H22F2N4O2. The molecule has 0 bridgehead atoms. The number of carbonyl (C=O) groups is 1. The van der Waals surface area contributed by atoms with Crippen molar-refractivity contribution >= 4 is 22.6 Å². The van der Waals surface area contributed by atoms with Gasteiger partial charge in [-0.1, -0.05) is 6.07 Å². The Morgan fingerprint density at radius 1 is 1.14 bits per heavy atom. The van der Waals surface area contributed by atoms with Gasteiger partial charge in [-0.15, -0.1) is 0 Å². The van der Waals surface area contributed by atoms with Gasteiger partial charge in [0.1, 0.15) is 5.82 Å². The number of nitrogens with zero attached hydrogens (tertiary/aromatic N) is 2. The molecule has 2 aromatic carbocycles. The second-order valence-electron chi connectivity index (χ2n) is 7.10. The Balaban J connectivity index is 1.35. The van der Waals surface area contributed by atoms with Crippen LogP contribution in [0.4, 0.5) is 14.5 Å². The van der Waals surface area contributed by atoms with E-state index in [9.17, 15) is 13.6 Å². The van der Waals surface area contributed by atoms with E-state index in [1.807, 2.05) is 12.1 Å². The van der Waals surface area contributed by atoms with E-state index in [2.05, 4.69) is 20.2 Å². The largest absolute Gasteiger partial charge is 0.379 e. The van der Waals surface area contributed by atoms with Crippen molar-refractivity contribution < 1.29 is 18.3 Å². The summed E-state index contributed by atoms with van der Waals surface area (Å²) >= 11 is 0. The Morgan fingerprint density at radius 2 is 1.97 bits per heavy atom. The lowest BCUT2D eigenvalue weighted by molar-refractivity contribution is -0.116.